The summed E-state index contributed by atoms with van der Waals surface area (Å²) in [7, 11) is 0. The maximum Gasteiger partial charge on any atom is 0.0549 e. The Labute approximate surface area is 92.5 Å². The minimum Gasteiger partial charge on any atom is -0.393 e. The van der Waals surface area contributed by atoms with Gasteiger partial charge in [-0.2, -0.15) is 0 Å². The highest BCUT2D eigenvalue weighted by atomic mass is 16.3. The van der Waals surface area contributed by atoms with Gasteiger partial charge in [0.1, 0.15) is 0 Å². The zero-order chi connectivity index (χ0) is 11.1. The highest BCUT2D eigenvalue weighted by Crippen LogP contribution is 2.12. The predicted molar refractivity (Wildman–Crippen MR) is 64.7 cm³/mol. The third kappa shape index (κ3) is 4.80. The minimum absolute atomic E-state index is 0.210. The molecule has 0 aliphatic rings. The van der Waals surface area contributed by atoms with Crippen LogP contribution in [0.15, 0.2) is 43.0 Å². The van der Waals surface area contributed by atoms with Crippen LogP contribution in [0.5, 0.6) is 0 Å². The maximum atomic E-state index is 9.76. The van der Waals surface area contributed by atoms with Crippen molar-refractivity contribution < 1.29 is 5.11 Å². The van der Waals surface area contributed by atoms with E-state index in [0.29, 0.717) is 5.92 Å². The van der Waals surface area contributed by atoms with E-state index in [9.17, 15) is 5.11 Å². The summed E-state index contributed by atoms with van der Waals surface area (Å²) in [6.07, 6.45) is 4.29. The van der Waals surface area contributed by atoms with Crippen LogP contribution in [-0.4, -0.2) is 11.2 Å². The predicted octanol–water partition coefficient (Wildman–Crippen LogP) is 3.19. The largest absolute Gasteiger partial charge is 0.393 e. The van der Waals surface area contributed by atoms with Crippen LogP contribution in [0, 0.1) is 5.92 Å². The lowest BCUT2D eigenvalue weighted by Crippen LogP contribution is -2.11. The molecule has 0 radical (unpaired) electrons. The van der Waals surface area contributed by atoms with Crippen molar-refractivity contribution in [3.8, 4) is 0 Å². The molecule has 0 aliphatic heterocycles. The lowest BCUT2D eigenvalue weighted by molar-refractivity contribution is 0.144. The Balaban J connectivity index is 2.28. The molecule has 0 bridgehead atoms. The van der Waals surface area contributed by atoms with Gasteiger partial charge in [-0.25, -0.2) is 0 Å². The number of hydrogen-bond donors (Lipinski definition) is 1. The van der Waals surface area contributed by atoms with E-state index >= 15 is 0 Å². The van der Waals surface area contributed by atoms with Crippen molar-refractivity contribution in [2.75, 3.05) is 0 Å². The summed E-state index contributed by atoms with van der Waals surface area (Å²) in [6.45, 7) is 5.80. The molecule has 0 spiro atoms. The molecule has 0 fully saturated rings. The lowest BCUT2D eigenvalue weighted by Gasteiger charge is -2.13. The van der Waals surface area contributed by atoms with Crippen LogP contribution in [0.25, 0.3) is 0 Å². The standard InChI is InChI=1S/C14H20O/c1-3-12(2)11-14(15)10-9-13-7-5-4-6-8-13/h3-8,12,14-15H,1,9-11H2,2H3/t12-,14-/m1/s1. The van der Waals surface area contributed by atoms with Crippen LogP contribution in [0.4, 0.5) is 0 Å². The van der Waals surface area contributed by atoms with Gasteiger partial charge in [0.05, 0.1) is 6.10 Å². The molecule has 0 aliphatic carbocycles. The van der Waals surface area contributed by atoms with Gasteiger partial charge in [-0.1, -0.05) is 43.3 Å². The van der Waals surface area contributed by atoms with E-state index in [-0.39, 0.29) is 6.10 Å². The monoisotopic (exact) mass is 204 g/mol. The van der Waals surface area contributed by atoms with Gasteiger partial charge in [-0.15, -0.1) is 6.58 Å². The Kier molecular flexibility index (Phi) is 5.13. The number of aliphatic hydroxyl groups excluding tert-OH is 1. The van der Waals surface area contributed by atoms with E-state index in [1.807, 2.05) is 24.3 Å². The molecule has 1 N–H and O–H groups in total. The number of rotatable bonds is 6. The molecule has 2 atom stereocenters. The van der Waals surface area contributed by atoms with Crippen molar-refractivity contribution in [2.45, 2.75) is 32.3 Å². The van der Waals surface area contributed by atoms with Crippen LogP contribution in [0.2, 0.25) is 0 Å². The average molecular weight is 204 g/mol. The zero-order valence-electron chi connectivity index (χ0n) is 9.39. The van der Waals surface area contributed by atoms with Gasteiger partial charge in [-0.3, -0.25) is 0 Å². The number of benzene rings is 1. The summed E-state index contributed by atoms with van der Waals surface area (Å²) in [4.78, 5) is 0. The van der Waals surface area contributed by atoms with Gasteiger partial charge in [0.15, 0.2) is 0 Å². The van der Waals surface area contributed by atoms with Gasteiger partial charge in [-0.05, 0) is 30.7 Å². The SMILES string of the molecule is C=C[C@@H](C)C[C@H](O)CCc1ccccc1. The normalized spacial score (nSPS) is 14.5. The highest BCUT2D eigenvalue weighted by molar-refractivity contribution is 5.14. The van der Waals surface area contributed by atoms with Crippen molar-refractivity contribution in [3.63, 3.8) is 0 Å². The molecule has 0 amide bonds. The second-order valence-electron chi connectivity index (χ2n) is 4.13. The van der Waals surface area contributed by atoms with E-state index in [1.54, 1.807) is 0 Å². The maximum absolute atomic E-state index is 9.76. The van der Waals surface area contributed by atoms with E-state index in [1.165, 1.54) is 5.56 Å². The van der Waals surface area contributed by atoms with Gasteiger partial charge < -0.3 is 5.11 Å². The van der Waals surface area contributed by atoms with E-state index < -0.39 is 0 Å². The second-order valence-corrected chi connectivity index (χ2v) is 4.13. The molecule has 0 saturated carbocycles. The molecule has 1 rings (SSSR count). The zero-order valence-corrected chi connectivity index (χ0v) is 9.39. The topological polar surface area (TPSA) is 20.2 Å². The van der Waals surface area contributed by atoms with E-state index in [0.717, 1.165) is 19.3 Å². The van der Waals surface area contributed by atoms with Crippen molar-refractivity contribution in [1.29, 1.82) is 0 Å². The Hall–Kier alpha value is -1.08. The summed E-state index contributed by atoms with van der Waals surface area (Å²) in [5.74, 6) is 0.399. The fourth-order valence-corrected chi connectivity index (χ4v) is 1.62. The summed E-state index contributed by atoms with van der Waals surface area (Å²) in [5.41, 5.74) is 1.29. The van der Waals surface area contributed by atoms with Crippen molar-refractivity contribution in [2.24, 2.45) is 5.92 Å². The Morgan fingerprint density at radius 3 is 2.60 bits per heavy atom. The Morgan fingerprint density at radius 2 is 2.00 bits per heavy atom. The van der Waals surface area contributed by atoms with E-state index in [2.05, 4.69) is 25.6 Å². The van der Waals surface area contributed by atoms with Crippen LogP contribution in [-0.2, 0) is 6.42 Å². The fraction of sp³-hybridized carbons (Fsp3) is 0.429. The van der Waals surface area contributed by atoms with Crippen LogP contribution in [0.1, 0.15) is 25.3 Å². The fourth-order valence-electron chi connectivity index (χ4n) is 1.62. The molecule has 1 heteroatoms. The second kappa shape index (κ2) is 6.41. The molecular weight excluding hydrogens is 184 g/mol. The smallest absolute Gasteiger partial charge is 0.0549 e. The van der Waals surface area contributed by atoms with Crippen molar-refractivity contribution in [3.05, 3.63) is 48.6 Å². The Bertz CT molecular complexity index is 279. The molecule has 15 heavy (non-hydrogen) atoms. The van der Waals surface area contributed by atoms with Crippen LogP contribution < -0.4 is 0 Å². The van der Waals surface area contributed by atoms with Gasteiger partial charge >= 0.3 is 0 Å². The molecule has 1 aromatic carbocycles. The van der Waals surface area contributed by atoms with Crippen molar-refractivity contribution in [1.82, 2.24) is 0 Å². The number of allylic oxidation sites excluding steroid dienone is 1. The molecular formula is C14H20O. The minimum atomic E-state index is -0.210. The number of aryl methyl sites for hydroxylation is 1. The molecule has 0 aromatic heterocycles. The summed E-state index contributed by atoms with van der Waals surface area (Å²) < 4.78 is 0. The first kappa shape index (κ1) is 12.0. The summed E-state index contributed by atoms with van der Waals surface area (Å²) in [6, 6.07) is 10.3. The highest BCUT2D eigenvalue weighted by Gasteiger charge is 2.07. The van der Waals surface area contributed by atoms with Gasteiger partial charge in [0.25, 0.3) is 0 Å². The summed E-state index contributed by atoms with van der Waals surface area (Å²) >= 11 is 0. The number of hydrogen-bond acceptors (Lipinski definition) is 1. The first-order valence-corrected chi connectivity index (χ1v) is 5.57. The molecule has 0 saturated heterocycles. The molecule has 82 valence electrons. The van der Waals surface area contributed by atoms with Gasteiger partial charge in [0, 0.05) is 0 Å². The first-order valence-electron chi connectivity index (χ1n) is 5.57. The Morgan fingerprint density at radius 1 is 1.33 bits per heavy atom. The summed E-state index contributed by atoms with van der Waals surface area (Å²) in [5, 5.41) is 9.76. The number of aliphatic hydroxyl groups is 1. The third-order valence-electron chi connectivity index (χ3n) is 2.66. The molecule has 0 heterocycles. The molecule has 0 unspecified atom stereocenters. The quantitative estimate of drug-likeness (QED) is 0.705. The van der Waals surface area contributed by atoms with Crippen LogP contribution in [0.3, 0.4) is 0 Å². The van der Waals surface area contributed by atoms with E-state index in [4.69, 9.17) is 0 Å². The van der Waals surface area contributed by atoms with Gasteiger partial charge in [0.2, 0.25) is 0 Å². The molecule has 1 aromatic rings. The first-order chi connectivity index (χ1) is 7.22. The third-order valence-corrected chi connectivity index (χ3v) is 2.66. The lowest BCUT2D eigenvalue weighted by atomic mass is 9.99. The average Bonchev–Trinajstić information content (AvgIpc) is 2.27. The molecule has 1 nitrogen and oxygen atoms in total. The van der Waals surface area contributed by atoms with Crippen molar-refractivity contribution >= 4 is 0 Å². The van der Waals surface area contributed by atoms with Crippen LogP contribution >= 0.6 is 0 Å².